The average molecular weight is 316 g/mol. The van der Waals surface area contributed by atoms with Gasteiger partial charge in [-0.2, -0.15) is 5.10 Å². The third-order valence-electron chi connectivity index (χ3n) is 3.56. The van der Waals surface area contributed by atoms with Crippen molar-refractivity contribution in [3.8, 4) is 0 Å². The molecule has 0 aliphatic carbocycles. The summed E-state index contributed by atoms with van der Waals surface area (Å²) in [7, 11) is 0. The van der Waals surface area contributed by atoms with Gasteiger partial charge in [-0.25, -0.2) is 14.6 Å². The van der Waals surface area contributed by atoms with Gasteiger partial charge in [0.2, 0.25) is 0 Å². The Morgan fingerprint density at radius 2 is 1.57 bits per heavy atom. The van der Waals surface area contributed by atoms with Gasteiger partial charge in [-0.15, -0.1) is 0 Å². The molecule has 1 aliphatic heterocycles. The topological polar surface area (TPSA) is 82.7 Å². The van der Waals surface area contributed by atoms with Crippen molar-refractivity contribution in [3.05, 3.63) is 83.2 Å². The van der Waals surface area contributed by atoms with Gasteiger partial charge in [0.25, 0.3) is 0 Å². The summed E-state index contributed by atoms with van der Waals surface area (Å²) < 4.78 is 26.3. The smallest absolute Gasteiger partial charge is 0.156 e. The van der Waals surface area contributed by atoms with Gasteiger partial charge in [0.05, 0.1) is 0 Å². The lowest BCUT2D eigenvalue weighted by molar-refractivity contribution is 0.159. The summed E-state index contributed by atoms with van der Waals surface area (Å²) in [5.74, 6) is 4.82. The van der Waals surface area contributed by atoms with Crippen LogP contribution in [0.3, 0.4) is 0 Å². The van der Waals surface area contributed by atoms with Crippen LogP contribution in [0.2, 0.25) is 0 Å². The molecule has 0 fully saturated rings. The molecule has 23 heavy (non-hydrogen) atoms. The predicted molar refractivity (Wildman–Crippen MR) is 81.8 cm³/mol. The standard InChI is InChI=1S/C16H14F2N4O/c17-12-5-1-10(2-6-12)15-16(23,9-14(20-19)21-22-15)11-3-7-13(18)8-4-11/h1-9,20-21,23H,19H2. The summed E-state index contributed by atoms with van der Waals surface area (Å²) in [4.78, 5) is 0. The fraction of sp³-hybridized carbons (Fsp3) is 0.0625. The Morgan fingerprint density at radius 1 is 1.00 bits per heavy atom. The summed E-state index contributed by atoms with van der Waals surface area (Å²) in [6, 6.07) is 10.9. The third-order valence-corrected chi connectivity index (χ3v) is 3.56. The average Bonchev–Trinajstić information content (AvgIpc) is 2.56. The Morgan fingerprint density at radius 3 is 2.13 bits per heavy atom. The number of halogens is 2. The number of aliphatic hydroxyl groups is 1. The van der Waals surface area contributed by atoms with Crippen LogP contribution in [0, 0.1) is 11.6 Å². The van der Waals surface area contributed by atoms with E-state index in [1.54, 1.807) is 0 Å². The molecule has 0 bridgehead atoms. The number of nitrogens with one attached hydrogen (secondary N) is 2. The van der Waals surface area contributed by atoms with Gasteiger partial charge in [0, 0.05) is 11.6 Å². The lowest BCUT2D eigenvalue weighted by Crippen LogP contribution is -2.43. The van der Waals surface area contributed by atoms with Crippen LogP contribution < -0.4 is 16.7 Å². The van der Waals surface area contributed by atoms with Gasteiger partial charge in [-0.3, -0.25) is 5.43 Å². The number of nitrogens with zero attached hydrogens (tertiary/aromatic N) is 1. The number of benzene rings is 2. The van der Waals surface area contributed by atoms with E-state index in [4.69, 9.17) is 5.84 Å². The summed E-state index contributed by atoms with van der Waals surface area (Å²) in [6.45, 7) is 0. The van der Waals surface area contributed by atoms with Crippen molar-refractivity contribution in [1.82, 2.24) is 10.9 Å². The van der Waals surface area contributed by atoms with Crippen molar-refractivity contribution in [1.29, 1.82) is 0 Å². The van der Waals surface area contributed by atoms with E-state index in [2.05, 4.69) is 16.0 Å². The van der Waals surface area contributed by atoms with Crippen molar-refractivity contribution in [2.24, 2.45) is 10.9 Å². The van der Waals surface area contributed by atoms with Crippen LogP contribution >= 0.6 is 0 Å². The second-order valence-electron chi connectivity index (χ2n) is 5.05. The van der Waals surface area contributed by atoms with E-state index in [-0.39, 0.29) is 11.5 Å². The van der Waals surface area contributed by atoms with Crippen molar-refractivity contribution < 1.29 is 13.9 Å². The summed E-state index contributed by atoms with van der Waals surface area (Å²) >= 11 is 0. The van der Waals surface area contributed by atoms with Gasteiger partial charge in [0.15, 0.2) is 5.60 Å². The molecular weight excluding hydrogens is 302 g/mol. The Bertz CT molecular complexity index is 772. The fourth-order valence-electron chi connectivity index (χ4n) is 2.40. The fourth-order valence-corrected chi connectivity index (χ4v) is 2.40. The van der Waals surface area contributed by atoms with Crippen LogP contribution in [0.4, 0.5) is 8.78 Å². The molecule has 0 radical (unpaired) electrons. The molecule has 1 heterocycles. The first kappa shape index (κ1) is 15.1. The van der Waals surface area contributed by atoms with Crippen molar-refractivity contribution in [2.45, 2.75) is 5.60 Å². The molecular formula is C16H14F2N4O. The van der Waals surface area contributed by atoms with E-state index in [1.165, 1.54) is 54.6 Å². The zero-order valence-electron chi connectivity index (χ0n) is 11.9. The van der Waals surface area contributed by atoms with E-state index in [0.717, 1.165) is 0 Å². The van der Waals surface area contributed by atoms with Crippen LogP contribution in [0.15, 0.2) is 65.5 Å². The van der Waals surface area contributed by atoms with E-state index >= 15 is 0 Å². The second-order valence-corrected chi connectivity index (χ2v) is 5.05. The van der Waals surface area contributed by atoms with E-state index in [9.17, 15) is 13.9 Å². The summed E-state index contributed by atoms with van der Waals surface area (Å²) in [5, 5.41) is 15.3. The normalized spacial score (nSPS) is 20.3. The SMILES string of the molecule is NNC1=CC(O)(c2ccc(F)cc2)C(c2ccc(F)cc2)=NN1. The molecule has 1 aliphatic rings. The molecule has 118 valence electrons. The number of rotatable bonds is 3. The molecule has 1 atom stereocenters. The van der Waals surface area contributed by atoms with Gasteiger partial charge >= 0.3 is 0 Å². The molecule has 0 spiro atoms. The number of hydrogen-bond acceptors (Lipinski definition) is 5. The first-order valence-electron chi connectivity index (χ1n) is 6.81. The quantitative estimate of drug-likeness (QED) is 0.510. The highest BCUT2D eigenvalue weighted by molar-refractivity contribution is 6.08. The van der Waals surface area contributed by atoms with Crippen molar-refractivity contribution in [3.63, 3.8) is 0 Å². The van der Waals surface area contributed by atoms with Crippen LogP contribution in [0.1, 0.15) is 11.1 Å². The molecule has 1 unspecified atom stereocenters. The highest BCUT2D eigenvalue weighted by atomic mass is 19.1. The van der Waals surface area contributed by atoms with Crippen LogP contribution in [0.25, 0.3) is 0 Å². The van der Waals surface area contributed by atoms with Gasteiger partial charge < -0.3 is 10.5 Å². The van der Waals surface area contributed by atoms with E-state index in [1.807, 2.05) is 0 Å². The zero-order chi connectivity index (χ0) is 16.4. The summed E-state index contributed by atoms with van der Waals surface area (Å²) in [5.41, 5.74) is 4.52. The van der Waals surface area contributed by atoms with E-state index in [0.29, 0.717) is 11.1 Å². The van der Waals surface area contributed by atoms with Gasteiger partial charge in [-0.1, -0.05) is 24.3 Å². The van der Waals surface area contributed by atoms with Crippen molar-refractivity contribution in [2.75, 3.05) is 0 Å². The van der Waals surface area contributed by atoms with E-state index < -0.39 is 17.2 Å². The molecule has 7 heteroatoms. The Balaban J connectivity index is 2.12. The maximum Gasteiger partial charge on any atom is 0.156 e. The minimum absolute atomic E-state index is 0.239. The highest BCUT2D eigenvalue weighted by Gasteiger charge is 2.37. The first-order chi connectivity index (χ1) is 11.0. The van der Waals surface area contributed by atoms with Crippen LogP contribution in [0.5, 0.6) is 0 Å². The minimum atomic E-state index is -1.65. The minimum Gasteiger partial charge on any atom is -0.375 e. The third kappa shape index (κ3) is 2.79. The number of hydrazone groups is 1. The number of hydrazine groups is 1. The second kappa shape index (κ2) is 5.79. The van der Waals surface area contributed by atoms with Crippen LogP contribution in [-0.4, -0.2) is 10.8 Å². The maximum atomic E-state index is 13.2. The molecule has 5 nitrogen and oxygen atoms in total. The molecule has 0 aromatic heterocycles. The zero-order valence-corrected chi connectivity index (χ0v) is 11.9. The lowest BCUT2D eigenvalue weighted by Gasteiger charge is -2.31. The number of hydrogen-bond donors (Lipinski definition) is 4. The molecule has 5 N–H and O–H groups in total. The molecule has 0 saturated carbocycles. The Labute approximate surface area is 131 Å². The molecule has 2 aromatic rings. The Hall–Kier alpha value is -2.77. The highest BCUT2D eigenvalue weighted by Crippen LogP contribution is 2.31. The lowest BCUT2D eigenvalue weighted by atomic mass is 9.84. The molecule has 3 rings (SSSR count). The molecule has 2 aromatic carbocycles. The Kier molecular flexibility index (Phi) is 3.81. The summed E-state index contributed by atoms with van der Waals surface area (Å²) in [6.07, 6.45) is 1.42. The molecule has 0 saturated heterocycles. The largest absolute Gasteiger partial charge is 0.375 e. The predicted octanol–water partition coefficient (Wildman–Crippen LogP) is 1.46. The number of nitrogens with two attached hydrogens (primary N) is 1. The molecule has 0 amide bonds. The van der Waals surface area contributed by atoms with Gasteiger partial charge in [-0.05, 0) is 29.8 Å². The van der Waals surface area contributed by atoms with Crippen LogP contribution in [-0.2, 0) is 5.60 Å². The maximum absolute atomic E-state index is 13.2. The first-order valence-corrected chi connectivity index (χ1v) is 6.81. The monoisotopic (exact) mass is 316 g/mol. The van der Waals surface area contributed by atoms with Crippen molar-refractivity contribution >= 4 is 5.71 Å². The van der Waals surface area contributed by atoms with Gasteiger partial charge in [0.1, 0.15) is 23.2 Å².